The van der Waals surface area contributed by atoms with Gasteiger partial charge in [-0.2, -0.15) is 0 Å². The molecule has 0 atom stereocenters. The van der Waals surface area contributed by atoms with Crippen molar-refractivity contribution in [2.75, 3.05) is 10.0 Å². The Bertz CT molecular complexity index is 1130. The van der Waals surface area contributed by atoms with Crippen LogP contribution in [-0.2, 0) is 29.6 Å². The Balaban J connectivity index is 2.24. The molecular formula is C16H16ClN3O6S2. The van der Waals surface area contributed by atoms with Crippen LogP contribution in [0.3, 0.4) is 0 Å². The molecule has 0 fully saturated rings. The van der Waals surface area contributed by atoms with Crippen LogP contribution in [0.15, 0.2) is 52.3 Å². The van der Waals surface area contributed by atoms with E-state index in [1.807, 2.05) is 0 Å². The van der Waals surface area contributed by atoms with Crippen LogP contribution >= 0.6 is 11.6 Å². The molecule has 0 bridgehead atoms. The normalized spacial score (nSPS) is 11.5. The highest BCUT2D eigenvalue weighted by Crippen LogP contribution is 2.26. The minimum Gasteiger partial charge on any atom is -0.325 e. The van der Waals surface area contributed by atoms with E-state index < -0.39 is 26.0 Å². The van der Waals surface area contributed by atoms with E-state index in [-0.39, 0.29) is 32.1 Å². The molecule has 2 aromatic rings. The second-order valence-corrected chi connectivity index (χ2v) is 9.39. The topological polar surface area (TPSA) is 139 Å². The highest BCUT2D eigenvalue weighted by molar-refractivity contribution is 7.92. The first-order valence-electron chi connectivity index (χ1n) is 7.64. The van der Waals surface area contributed by atoms with E-state index in [0.29, 0.717) is 0 Å². The van der Waals surface area contributed by atoms with Gasteiger partial charge in [-0.15, -0.1) is 0 Å². The lowest BCUT2D eigenvalue weighted by Crippen LogP contribution is -2.28. The molecule has 0 aliphatic carbocycles. The number of carbonyl (C=O) groups excluding carboxylic acids is 2. The van der Waals surface area contributed by atoms with Crippen LogP contribution in [0.4, 0.5) is 11.4 Å². The summed E-state index contributed by atoms with van der Waals surface area (Å²) in [5.41, 5.74) is 0.365. The second kappa shape index (κ2) is 8.17. The molecule has 12 heteroatoms. The van der Waals surface area contributed by atoms with Gasteiger partial charge in [0.05, 0.1) is 20.5 Å². The number of hydrogen-bond donors (Lipinski definition) is 3. The molecule has 2 aromatic carbocycles. The van der Waals surface area contributed by atoms with Crippen LogP contribution in [-0.4, -0.2) is 28.6 Å². The average molecular weight is 446 g/mol. The Labute approximate surface area is 167 Å². The Morgan fingerprint density at radius 2 is 1.39 bits per heavy atom. The molecule has 9 nitrogen and oxygen atoms in total. The number of halogens is 1. The van der Waals surface area contributed by atoms with Crippen LogP contribution in [0.25, 0.3) is 0 Å². The summed E-state index contributed by atoms with van der Waals surface area (Å²) in [6.45, 7) is 2.35. The lowest BCUT2D eigenvalue weighted by molar-refractivity contribution is -0.117. The first-order chi connectivity index (χ1) is 12.9. The van der Waals surface area contributed by atoms with Crippen LogP contribution < -0.4 is 14.8 Å². The summed E-state index contributed by atoms with van der Waals surface area (Å²) in [5.74, 6) is -1.10. The SMILES string of the molecule is CC(=O)Nc1ccc(S(=O)(=O)Nc2ccc(S(=O)(=O)NC(C)=O)cc2)cc1Cl. The molecular weight excluding hydrogens is 430 g/mol. The Hall–Kier alpha value is -2.63. The van der Waals surface area contributed by atoms with Crippen molar-refractivity contribution < 1.29 is 26.4 Å². The number of sulfonamides is 2. The van der Waals surface area contributed by atoms with E-state index in [0.717, 1.165) is 19.1 Å². The molecule has 2 amide bonds. The minimum atomic E-state index is -4.02. The highest BCUT2D eigenvalue weighted by atomic mass is 35.5. The Morgan fingerprint density at radius 1 is 0.821 bits per heavy atom. The van der Waals surface area contributed by atoms with E-state index in [9.17, 15) is 26.4 Å². The van der Waals surface area contributed by atoms with Gasteiger partial charge in [0.2, 0.25) is 11.8 Å². The molecule has 0 aliphatic rings. The number of anilines is 2. The molecule has 0 aliphatic heterocycles. The molecule has 3 N–H and O–H groups in total. The van der Waals surface area contributed by atoms with E-state index in [1.165, 1.54) is 37.3 Å². The molecule has 0 spiro atoms. The molecule has 0 saturated carbocycles. The second-order valence-electron chi connectivity index (χ2n) is 5.61. The summed E-state index contributed by atoms with van der Waals surface area (Å²) in [6.07, 6.45) is 0. The van der Waals surface area contributed by atoms with E-state index in [2.05, 4.69) is 10.0 Å². The van der Waals surface area contributed by atoms with Crippen molar-refractivity contribution in [1.29, 1.82) is 0 Å². The molecule has 0 unspecified atom stereocenters. The number of nitrogens with one attached hydrogen (secondary N) is 3. The minimum absolute atomic E-state index is 0.0369. The monoisotopic (exact) mass is 445 g/mol. The summed E-state index contributed by atoms with van der Waals surface area (Å²) < 4.78 is 52.8. The maximum absolute atomic E-state index is 12.5. The standard InChI is InChI=1S/C16H16ClN3O6S2/c1-10(21)18-16-8-7-14(9-15(16)17)28(25,26)20-12-3-5-13(6-4-12)27(23,24)19-11(2)22/h3-9,20H,1-2H3,(H,18,21)(H,19,22). The van der Waals surface area contributed by atoms with Gasteiger partial charge in [0.15, 0.2) is 0 Å². The third kappa shape index (κ3) is 5.44. The van der Waals surface area contributed by atoms with Crippen molar-refractivity contribution in [1.82, 2.24) is 4.72 Å². The molecule has 0 aromatic heterocycles. The van der Waals surface area contributed by atoms with Gasteiger partial charge in [-0.3, -0.25) is 14.3 Å². The average Bonchev–Trinajstić information content (AvgIpc) is 2.55. The predicted molar refractivity (Wildman–Crippen MR) is 104 cm³/mol. The number of benzene rings is 2. The lowest BCUT2D eigenvalue weighted by atomic mass is 10.3. The van der Waals surface area contributed by atoms with Gasteiger partial charge in [-0.05, 0) is 42.5 Å². The summed E-state index contributed by atoms with van der Waals surface area (Å²) >= 11 is 5.99. The summed E-state index contributed by atoms with van der Waals surface area (Å²) in [4.78, 5) is 21.7. The fourth-order valence-corrected chi connectivity index (χ4v) is 4.49. The van der Waals surface area contributed by atoms with Crippen LogP contribution in [0.2, 0.25) is 5.02 Å². The fraction of sp³-hybridized carbons (Fsp3) is 0.125. The zero-order valence-corrected chi connectivity index (χ0v) is 17.1. The highest BCUT2D eigenvalue weighted by Gasteiger charge is 2.18. The van der Waals surface area contributed by atoms with E-state index in [1.54, 1.807) is 4.72 Å². The fourth-order valence-electron chi connectivity index (χ4n) is 2.12. The van der Waals surface area contributed by atoms with E-state index >= 15 is 0 Å². The largest absolute Gasteiger partial charge is 0.325 e. The maximum Gasteiger partial charge on any atom is 0.264 e. The van der Waals surface area contributed by atoms with Crippen molar-refractivity contribution >= 4 is 54.8 Å². The van der Waals surface area contributed by atoms with Crippen molar-refractivity contribution in [2.24, 2.45) is 0 Å². The third-order valence-electron chi connectivity index (χ3n) is 3.26. The molecule has 150 valence electrons. The van der Waals surface area contributed by atoms with Crippen LogP contribution in [0, 0.1) is 0 Å². The predicted octanol–water partition coefficient (Wildman–Crippen LogP) is 1.92. The van der Waals surface area contributed by atoms with Gasteiger partial charge < -0.3 is 5.32 Å². The van der Waals surface area contributed by atoms with Gasteiger partial charge >= 0.3 is 0 Å². The van der Waals surface area contributed by atoms with Gasteiger partial charge in [0.25, 0.3) is 20.0 Å². The molecule has 0 radical (unpaired) electrons. The number of amides is 2. The molecule has 2 rings (SSSR count). The van der Waals surface area contributed by atoms with E-state index in [4.69, 9.17) is 11.6 Å². The number of rotatable bonds is 6. The first-order valence-corrected chi connectivity index (χ1v) is 11.0. The maximum atomic E-state index is 12.5. The summed E-state index contributed by atoms with van der Waals surface area (Å²) in [7, 11) is -8.04. The lowest BCUT2D eigenvalue weighted by Gasteiger charge is -2.11. The van der Waals surface area contributed by atoms with Crippen LogP contribution in [0.1, 0.15) is 13.8 Å². The summed E-state index contributed by atoms with van der Waals surface area (Å²) in [6, 6.07) is 8.55. The molecule has 0 saturated heterocycles. The Kier molecular flexibility index (Phi) is 6.32. The Morgan fingerprint density at radius 3 is 1.89 bits per heavy atom. The molecule has 0 heterocycles. The zero-order chi connectivity index (χ0) is 21.1. The van der Waals surface area contributed by atoms with Crippen molar-refractivity contribution in [3.05, 3.63) is 47.5 Å². The number of carbonyl (C=O) groups is 2. The van der Waals surface area contributed by atoms with Gasteiger partial charge in [-0.25, -0.2) is 21.6 Å². The van der Waals surface area contributed by atoms with Crippen molar-refractivity contribution in [3.63, 3.8) is 0 Å². The summed E-state index contributed by atoms with van der Waals surface area (Å²) in [5, 5.41) is 2.50. The third-order valence-corrected chi connectivity index (χ3v) is 6.40. The van der Waals surface area contributed by atoms with Crippen molar-refractivity contribution in [3.8, 4) is 0 Å². The smallest absolute Gasteiger partial charge is 0.264 e. The zero-order valence-electron chi connectivity index (χ0n) is 14.7. The number of hydrogen-bond acceptors (Lipinski definition) is 6. The first kappa shape index (κ1) is 21.7. The van der Waals surface area contributed by atoms with Gasteiger partial charge in [0.1, 0.15) is 0 Å². The van der Waals surface area contributed by atoms with Crippen LogP contribution in [0.5, 0.6) is 0 Å². The molecule has 28 heavy (non-hydrogen) atoms. The quantitative estimate of drug-likeness (QED) is 0.620. The van der Waals surface area contributed by atoms with Gasteiger partial charge in [0, 0.05) is 19.5 Å². The van der Waals surface area contributed by atoms with Crippen molar-refractivity contribution in [2.45, 2.75) is 23.6 Å². The van der Waals surface area contributed by atoms with Gasteiger partial charge in [-0.1, -0.05) is 11.6 Å².